The summed E-state index contributed by atoms with van der Waals surface area (Å²) in [6.07, 6.45) is 1.52. The minimum atomic E-state index is -4.12. The summed E-state index contributed by atoms with van der Waals surface area (Å²) >= 11 is 0. The number of rotatable bonds is 9. The van der Waals surface area contributed by atoms with Gasteiger partial charge in [0.2, 0.25) is 10.0 Å². The predicted octanol–water partition coefficient (Wildman–Crippen LogP) is 4.78. The number of sulfonamides is 1. The Morgan fingerprint density at radius 3 is 2.23 bits per heavy atom. The summed E-state index contributed by atoms with van der Waals surface area (Å²) in [5, 5.41) is 4.11. The molecule has 0 amide bonds. The number of aromatic nitrogens is 1. The molecule has 2 aromatic carbocycles. The highest BCUT2D eigenvalue weighted by molar-refractivity contribution is 7.94. The van der Waals surface area contributed by atoms with Crippen LogP contribution in [0.1, 0.15) is 19.4 Å². The Hall–Kier alpha value is -2.29. The van der Waals surface area contributed by atoms with Crippen LogP contribution in [0.2, 0.25) is 0 Å². The number of hydrogen-bond donors (Lipinski definition) is 1. The molecule has 0 aliphatic heterocycles. The van der Waals surface area contributed by atoms with Crippen LogP contribution >= 0.6 is 7.75 Å². The van der Waals surface area contributed by atoms with E-state index in [4.69, 9.17) is 13.6 Å². The van der Waals surface area contributed by atoms with Gasteiger partial charge in [-0.15, -0.1) is 4.49 Å². The second-order valence-corrected chi connectivity index (χ2v) is 10.1. The zero-order valence-corrected chi connectivity index (χ0v) is 18.6. The van der Waals surface area contributed by atoms with Gasteiger partial charge in [-0.3, -0.25) is 9.05 Å². The van der Waals surface area contributed by atoms with Crippen LogP contribution in [-0.2, 0) is 23.6 Å². The van der Waals surface area contributed by atoms with Gasteiger partial charge in [-0.2, -0.15) is 0 Å². The molecule has 3 aromatic rings. The lowest BCUT2D eigenvalue weighted by Gasteiger charge is -2.17. The molecule has 0 aliphatic rings. The first-order valence-electron chi connectivity index (χ1n) is 9.33. The quantitative estimate of drug-likeness (QED) is 0.468. The van der Waals surface area contributed by atoms with E-state index in [1.54, 1.807) is 26.0 Å². The second kappa shape index (κ2) is 9.24. The number of nitrogens with one attached hydrogen (secondary N) is 1. The predicted molar refractivity (Wildman–Crippen MR) is 113 cm³/mol. The molecule has 0 saturated heterocycles. The summed E-state index contributed by atoms with van der Waals surface area (Å²) in [7, 11) is -8.10. The standard InChI is InChI=1S/C20H23N2O6PS/c1-4-27-29(23,28-5-2)22-30(24,25)17-12-10-16(11-13-17)19-14-26-21-20(19)18-9-7-6-8-15(18)3/h6-14H,4-5H2,1-3H3,(H,22,23). The fraction of sp³-hybridized carbons (Fsp3) is 0.250. The SMILES string of the molecule is CCOP(=O)(NS(=O)(=O)c1ccc(-c2conc2-c2ccccc2C)cc1)OCC. The molecule has 0 atom stereocenters. The van der Waals surface area contributed by atoms with E-state index in [1.165, 1.54) is 18.4 Å². The minimum absolute atomic E-state index is 0.0356. The number of hydrogen-bond acceptors (Lipinski definition) is 7. The Labute approximate surface area is 175 Å². The first-order chi connectivity index (χ1) is 14.3. The van der Waals surface area contributed by atoms with E-state index in [0.29, 0.717) is 5.69 Å². The molecule has 0 spiro atoms. The first kappa shape index (κ1) is 22.4. The fourth-order valence-electron chi connectivity index (χ4n) is 2.92. The average molecular weight is 450 g/mol. The van der Waals surface area contributed by atoms with Crippen molar-refractivity contribution in [2.45, 2.75) is 25.7 Å². The normalized spacial score (nSPS) is 12.2. The van der Waals surface area contributed by atoms with Crippen molar-refractivity contribution < 1.29 is 26.6 Å². The number of nitrogens with zero attached hydrogens (tertiary/aromatic N) is 1. The minimum Gasteiger partial charge on any atom is -0.363 e. The van der Waals surface area contributed by atoms with Crippen molar-refractivity contribution in [1.29, 1.82) is 0 Å². The summed E-state index contributed by atoms with van der Waals surface area (Å²) in [5.41, 5.74) is 4.09. The number of benzene rings is 2. The molecule has 1 aromatic heterocycles. The number of aryl methyl sites for hydroxylation is 1. The monoisotopic (exact) mass is 450 g/mol. The summed E-state index contributed by atoms with van der Waals surface area (Å²) in [6, 6.07) is 13.9. The van der Waals surface area contributed by atoms with E-state index in [2.05, 4.69) is 5.16 Å². The molecule has 30 heavy (non-hydrogen) atoms. The zero-order valence-electron chi connectivity index (χ0n) is 16.9. The second-order valence-electron chi connectivity index (χ2n) is 6.34. The van der Waals surface area contributed by atoms with Gasteiger partial charge in [0.05, 0.1) is 18.1 Å². The Morgan fingerprint density at radius 1 is 1.00 bits per heavy atom. The molecule has 8 nitrogen and oxygen atoms in total. The largest absolute Gasteiger partial charge is 0.419 e. The molecule has 0 unspecified atom stereocenters. The van der Waals surface area contributed by atoms with Crippen molar-refractivity contribution in [2.24, 2.45) is 0 Å². The lowest BCUT2D eigenvalue weighted by molar-refractivity contribution is 0.217. The average Bonchev–Trinajstić information content (AvgIpc) is 3.18. The highest BCUT2D eigenvalue weighted by atomic mass is 32.2. The van der Waals surface area contributed by atoms with Crippen LogP contribution in [0, 0.1) is 6.92 Å². The van der Waals surface area contributed by atoms with Crippen molar-refractivity contribution in [3.63, 3.8) is 0 Å². The highest BCUT2D eigenvalue weighted by Gasteiger charge is 2.31. The van der Waals surface area contributed by atoms with Gasteiger partial charge in [-0.05, 0) is 44.0 Å². The Kier molecular flexibility index (Phi) is 6.90. The Bertz CT molecular complexity index is 1150. The molecule has 1 N–H and O–H groups in total. The fourth-order valence-corrected chi connectivity index (χ4v) is 6.19. The van der Waals surface area contributed by atoms with E-state index in [-0.39, 0.29) is 18.1 Å². The van der Waals surface area contributed by atoms with Crippen LogP contribution in [0.4, 0.5) is 0 Å². The van der Waals surface area contributed by atoms with Gasteiger partial charge in [0, 0.05) is 11.1 Å². The van der Waals surface area contributed by atoms with Gasteiger partial charge < -0.3 is 4.52 Å². The molecule has 0 aliphatic carbocycles. The van der Waals surface area contributed by atoms with Crippen molar-refractivity contribution in [2.75, 3.05) is 13.2 Å². The Morgan fingerprint density at radius 2 is 1.63 bits per heavy atom. The van der Waals surface area contributed by atoms with Gasteiger partial charge >= 0.3 is 7.75 Å². The van der Waals surface area contributed by atoms with Gasteiger partial charge in [0.25, 0.3) is 0 Å². The molecular weight excluding hydrogens is 427 g/mol. The molecular formula is C20H23N2O6PS. The molecule has 1 heterocycles. The summed E-state index contributed by atoms with van der Waals surface area (Å²) in [4.78, 5) is -0.0697. The van der Waals surface area contributed by atoms with Crippen LogP contribution in [-0.4, -0.2) is 26.8 Å². The maximum atomic E-state index is 12.7. The van der Waals surface area contributed by atoms with Crippen LogP contribution in [0.3, 0.4) is 0 Å². The zero-order chi connectivity index (χ0) is 21.8. The molecule has 0 fully saturated rings. The Balaban J connectivity index is 1.90. The molecule has 0 bridgehead atoms. The lowest BCUT2D eigenvalue weighted by Crippen LogP contribution is -2.23. The summed E-state index contributed by atoms with van der Waals surface area (Å²) in [5.74, 6) is 0. The smallest absolute Gasteiger partial charge is 0.363 e. The molecule has 0 saturated carbocycles. The molecule has 10 heteroatoms. The van der Waals surface area contributed by atoms with E-state index in [0.717, 1.165) is 22.3 Å². The van der Waals surface area contributed by atoms with Gasteiger partial charge in [-0.25, -0.2) is 13.0 Å². The third-order valence-corrected chi connectivity index (χ3v) is 8.22. The molecule has 3 rings (SSSR count). The summed E-state index contributed by atoms with van der Waals surface area (Å²) < 4.78 is 55.1. The van der Waals surface area contributed by atoms with Crippen LogP contribution in [0.5, 0.6) is 0 Å². The van der Waals surface area contributed by atoms with Crippen LogP contribution in [0.15, 0.2) is 64.2 Å². The molecule has 0 radical (unpaired) electrons. The van der Waals surface area contributed by atoms with E-state index < -0.39 is 17.8 Å². The van der Waals surface area contributed by atoms with Crippen molar-refractivity contribution in [1.82, 2.24) is 9.65 Å². The van der Waals surface area contributed by atoms with Crippen molar-refractivity contribution >= 4 is 17.8 Å². The van der Waals surface area contributed by atoms with Crippen LogP contribution < -0.4 is 4.49 Å². The maximum Gasteiger partial charge on any atom is 0.419 e. The third-order valence-electron chi connectivity index (χ3n) is 4.28. The van der Waals surface area contributed by atoms with E-state index in [1.807, 2.05) is 35.7 Å². The molecule has 160 valence electrons. The van der Waals surface area contributed by atoms with Gasteiger partial charge in [0.15, 0.2) is 0 Å². The lowest BCUT2D eigenvalue weighted by atomic mass is 9.99. The van der Waals surface area contributed by atoms with E-state index >= 15 is 0 Å². The van der Waals surface area contributed by atoms with Crippen molar-refractivity contribution in [3.8, 4) is 22.4 Å². The highest BCUT2D eigenvalue weighted by Crippen LogP contribution is 2.45. The third kappa shape index (κ3) is 4.88. The van der Waals surface area contributed by atoms with Gasteiger partial charge in [0.1, 0.15) is 12.0 Å². The maximum absolute atomic E-state index is 12.7. The summed E-state index contributed by atoms with van der Waals surface area (Å²) in [6.45, 7) is 5.24. The van der Waals surface area contributed by atoms with Crippen LogP contribution in [0.25, 0.3) is 22.4 Å². The van der Waals surface area contributed by atoms with Crippen molar-refractivity contribution in [3.05, 3.63) is 60.4 Å². The van der Waals surface area contributed by atoms with E-state index in [9.17, 15) is 13.0 Å². The topological polar surface area (TPSA) is 108 Å². The first-order valence-corrected chi connectivity index (χ1v) is 12.4. The van der Waals surface area contributed by atoms with Gasteiger partial charge in [-0.1, -0.05) is 41.6 Å².